The molecule has 0 aliphatic rings. The molecule has 2 rings (SSSR count). The SMILES string of the molecule is Cc1cccc(C(Cc2cc(F)cc(Br)c2)NN)c1I. The van der Waals surface area contributed by atoms with E-state index < -0.39 is 0 Å². The van der Waals surface area contributed by atoms with Crippen molar-refractivity contribution in [1.29, 1.82) is 0 Å². The molecule has 1 unspecified atom stereocenters. The lowest BCUT2D eigenvalue weighted by Crippen LogP contribution is -2.30. The van der Waals surface area contributed by atoms with Gasteiger partial charge in [0.05, 0.1) is 6.04 Å². The predicted octanol–water partition coefficient (Wildman–Crippen LogP) is 4.25. The van der Waals surface area contributed by atoms with Gasteiger partial charge in [-0.05, 0) is 70.8 Å². The summed E-state index contributed by atoms with van der Waals surface area (Å²) in [6, 6.07) is 11.0. The lowest BCUT2D eigenvalue weighted by molar-refractivity contribution is 0.546. The number of hydrogen-bond acceptors (Lipinski definition) is 2. The first-order chi connectivity index (χ1) is 9.51. The largest absolute Gasteiger partial charge is 0.271 e. The summed E-state index contributed by atoms with van der Waals surface area (Å²) < 4.78 is 15.4. The molecule has 0 fully saturated rings. The van der Waals surface area contributed by atoms with Crippen molar-refractivity contribution in [1.82, 2.24) is 5.43 Å². The second-order valence-corrected chi connectivity index (χ2v) is 6.67. The number of benzene rings is 2. The van der Waals surface area contributed by atoms with Gasteiger partial charge in [-0.15, -0.1) is 0 Å². The second kappa shape index (κ2) is 6.98. The van der Waals surface area contributed by atoms with E-state index in [9.17, 15) is 4.39 Å². The van der Waals surface area contributed by atoms with E-state index in [4.69, 9.17) is 5.84 Å². The van der Waals surface area contributed by atoms with Crippen LogP contribution in [0.4, 0.5) is 4.39 Å². The molecule has 3 N–H and O–H groups in total. The number of aryl methyl sites for hydroxylation is 1. The summed E-state index contributed by atoms with van der Waals surface area (Å²) in [6.07, 6.45) is 0.631. The van der Waals surface area contributed by atoms with Crippen LogP contribution in [0.1, 0.15) is 22.7 Å². The van der Waals surface area contributed by atoms with Crippen molar-refractivity contribution in [2.45, 2.75) is 19.4 Å². The number of nitrogens with one attached hydrogen (secondary N) is 1. The molecule has 0 saturated heterocycles. The van der Waals surface area contributed by atoms with Crippen LogP contribution in [0.15, 0.2) is 40.9 Å². The first-order valence-electron chi connectivity index (χ1n) is 6.17. The number of hydrazine groups is 1. The molecule has 2 aromatic carbocycles. The maximum Gasteiger partial charge on any atom is 0.124 e. The highest BCUT2D eigenvalue weighted by molar-refractivity contribution is 14.1. The van der Waals surface area contributed by atoms with Crippen LogP contribution in [-0.4, -0.2) is 0 Å². The minimum absolute atomic E-state index is 0.0458. The fraction of sp³-hybridized carbons (Fsp3) is 0.200. The van der Waals surface area contributed by atoms with Crippen molar-refractivity contribution in [3.05, 3.63) is 66.9 Å². The van der Waals surface area contributed by atoms with Crippen LogP contribution in [-0.2, 0) is 6.42 Å². The third-order valence-electron chi connectivity index (χ3n) is 3.16. The topological polar surface area (TPSA) is 38.0 Å². The zero-order valence-corrected chi connectivity index (χ0v) is 14.7. The average molecular weight is 449 g/mol. The first-order valence-corrected chi connectivity index (χ1v) is 8.04. The molecule has 106 valence electrons. The summed E-state index contributed by atoms with van der Waals surface area (Å²) in [5, 5.41) is 0. The van der Waals surface area contributed by atoms with Gasteiger partial charge in [0, 0.05) is 8.04 Å². The van der Waals surface area contributed by atoms with E-state index in [2.05, 4.69) is 56.9 Å². The van der Waals surface area contributed by atoms with Gasteiger partial charge < -0.3 is 0 Å². The molecule has 0 aromatic heterocycles. The number of halogens is 3. The first kappa shape index (κ1) is 15.9. The Kier molecular flexibility index (Phi) is 5.54. The normalized spacial score (nSPS) is 12.4. The van der Waals surface area contributed by atoms with Gasteiger partial charge in [-0.3, -0.25) is 11.3 Å². The van der Waals surface area contributed by atoms with Crippen molar-refractivity contribution >= 4 is 38.5 Å². The fourth-order valence-corrected chi connectivity index (χ4v) is 3.41. The molecule has 0 aliphatic carbocycles. The number of hydrogen-bond donors (Lipinski definition) is 2. The summed E-state index contributed by atoms with van der Waals surface area (Å²) in [7, 11) is 0. The summed E-state index contributed by atoms with van der Waals surface area (Å²) in [5.74, 6) is 5.44. The van der Waals surface area contributed by atoms with Gasteiger partial charge >= 0.3 is 0 Å². The van der Waals surface area contributed by atoms with E-state index in [1.807, 2.05) is 18.2 Å². The lowest BCUT2D eigenvalue weighted by Gasteiger charge is -2.19. The highest BCUT2D eigenvalue weighted by atomic mass is 127. The van der Waals surface area contributed by atoms with E-state index in [1.165, 1.54) is 21.3 Å². The van der Waals surface area contributed by atoms with E-state index in [-0.39, 0.29) is 11.9 Å². The van der Waals surface area contributed by atoms with Gasteiger partial charge in [0.1, 0.15) is 5.82 Å². The van der Waals surface area contributed by atoms with Crippen LogP contribution >= 0.6 is 38.5 Å². The van der Waals surface area contributed by atoms with Crippen molar-refractivity contribution in [3.8, 4) is 0 Å². The van der Waals surface area contributed by atoms with Gasteiger partial charge in [0.25, 0.3) is 0 Å². The van der Waals surface area contributed by atoms with Crippen molar-refractivity contribution < 1.29 is 4.39 Å². The molecule has 0 heterocycles. The van der Waals surface area contributed by atoms with Gasteiger partial charge in [0.2, 0.25) is 0 Å². The Hall–Kier alpha value is -0.500. The lowest BCUT2D eigenvalue weighted by atomic mass is 9.98. The molecule has 2 aromatic rings. The fourth-order valence-electron chi connectivity index (χ4n) is 2.16. The summed E-state index contributed by atoms with van der Waals surface area (Å²) in [4.78, 5) is 0. The average Bonchev–Trinajstić information content (AvgIpc) is 2.38. The van der Waals surface area contributed by atoms with Gasteiger partial charge in [-0.1, -0.05) is 34.1 Å². The van der Waals surface area contributed by atoms with Crippen LogP contribution in [0.3, 0.4) is 0 Å². The summed E-state index contributed by atoms with van der Waals surface area (Å²) >= 11 is 5.63. The molecule has 1 atom stereocenters. The second-order valence-electron chi connectivity index (χ2n) is 4.68. The maximum absolute atomic E-state index is 13.4. The Morgan fingerprint density at radius 2 is 2.10 bits per heavy atom. The van der Waals surface area contributed by atoms with Crippen LogP contribution in [0.25, 0.3) is 0 Å². The van der Waals surface area contributed by atoms with E-state index in [1.54, 1.807) is 0 Å². The quantitative estimate of drug-likeness (QED) is 0.417. The molecular weight excluding hydrogens is 434 g/mol. The van der Waals surface area contributed by atoms with Gasteiger partial charge in [-0.25, -0.2) is 4.39 Å². The van der Waals surface area contributed by atoms with Crippen LogP contribution < -0.4 is 11.3 Å². The third kappa shape index (κ3) is 3.78. The van der Waals surface area contributed by atoms with Crippen molar-refractivity contribution in [3.63, 3.8) is 0 Å². The molecule has 20 heavy (non-hydrogen) atoms. The van der Waals surface area contributed by atoms with Crippen molar-refractivity contribution in [2.75, 3.05) is 0 Å². The zero-order valence-electron chi connectivity index (χ0n) is 11.0. The third-order valence-corrected chi connectivity index (χ3v) is 5.09. The Balaban J connectivity index is 2.31. The molecule has 0 aliphatic heterocycles. The molecular formula is C15H15BrFIN2. The Morgan fingerprint density at radius 1 is 1.35 bits per heavy atom. The number of nitrogens with two attached hydrogens (primary N) is 1. The minimum atomic E-state index is -0.246. The van der Waals surface area contributed by atoms with E-state index >= 15 is 0 Å². The Morgan fingerprint density at radius 3 is 2.75 bits per heavy atom. The molecule has 0 bridgehead atoms. The molecule has 0 radical (unpaired) electrons. The highest BCUT2D eigenvalue weighted by Crippen LogP contribution is 2.26. The molecule has 0 amide bonds. The summed E-state index contributed by atoms with van der Waals surface area (Å²) in [6.45, 7) is 2.07. The van der Waals surface area contributed by atoms with Crippen LogP contribution in [0.2, 0.25) is 0 Å². The Bertz CT molecular complexity index is 599. The minimum Gasteiger partial charge on any atom is -0.271 e. The smallest absolute Gasteiger partial charge is 0.124 e. The Labute approximate surface area is 140 Å². The van der Waals surface area contributed by atoms with Crippen LogP contribution in [0, 0.1) is 16.3 Å². The molecule has 5 heteroatoms. The standard InChI is InChI=1S/C15H15BrFIN2/c1-9-3-2-4-13(15(9)18)14(20-19)7-10-5-11(16)8-12(17)6-10/h2-6,8,14,20H,7,19H2,1H3. The van der Waals surface area contributed by atoms with E-state index in [0.29, 0.717) is 6.42 Å². The van der Waals surface area contributed by atoms with Gasteiger partial charge in [-0.2, -0.15) is 0 Å². The number of rotatable bonds is 4. The molecule has 0 saturated carbocycles. The van der Waals surface area contributed by atoms with Crippen LogP contribution in [0.5, 0.6) is 0 Å². The zero-order chi connectivity index (χ0) is 14.7. The molecule has 2 nitrogen and oxygen atoms in total. The monoisotopic (exact) mass is 448 g/mol. The van der Waals surface area contributed by atoms with Gasteiger partial charge in [0.15, 0.2) is 0 Å². The maximum atomic E-state index is 13.4. The predicted molar refractivity (Wildman–Crippen MR) is 91.8 cm³/mol. The summed E-state index contributed by atoms with van der Waals surface area (Å²) in [5.41, 5.74) is 6.08. The van der Waals surface area contributed by atoms with E-state index in [0.717, 1.165) is 15.6 Å². The van der Waals surface area contributed by atoms with Crippen molar-refractivity contribution in [2.24, 2.45) is 5.84 Å². The highest BCUT2D eigenvalue weighted by Gasteiger charge is 2.15. The molecule has 0 spiro atoms.